The maximum Gasteiger partial charge on any atom is 0.257 e. The van der Waals surface area contributed by atoms with Gasteiger partial charge in [0.25, 0.3) is 11.8 Å². The minimum Gasteiger partial charge on any atom is -0.484 e. The molecule has 8 heteroatoms. The van der Waals surface area contributed by atoms with Gasteiger partial charge in [-0.15, -0.1) is 0 Å². The molecule has 2 aliphatic carbocycles. The molecule has 4 rings (SSSR count). The van der Waals surface area contributed by atoms with Crippen LogP contribution in [0.4, 0.5) is 0 Å². The van der Waals surface area contributed by atoms with Gasteiger partial charge in [-0.1, -0.05) is 12.1 Å². The van der Waals surface area contributed by atoms with Crippen molar-refractivity contribution >= 4 is 17.7 Å². The highest BCUT2D eigenvalue weighted by Gasteiger charge is 2.50. The smallest absolute Gasteiger partial charge is 0.257 e. The normalized spacial score (nSPS) is 24.6. The molecule has 0 aromatic heterocycles. The highest BCUT2D eigenvalue weighted by molar-refractivity contribution is 5.88. The summed E-state index contributed by atoms with van der Waals surface area (Å²) >= 11 is 0. The lowest BCUT2D eigenvalue weighted by Crippen LogP contribution is -2.54. The van der Waals surface area contributed by atoms with E-state index in [0.29, 0.717) is 50.7 Å². The number of likely N-dealkylation sites (N-methyl/N-ethyl adjacent to an activating group) is 1. The predicted octanol–water partition coefficient (Wildman–Crippen LogP) is 1.28. The minimum atomic E-state index is -1.13. The summed E-state index contributed by atoms with van der Waals surface area (Å²) in [5.41, 5.74) is 0.0606. The Kier molecular flexibility index (Phi) is 6.69. The summed E-state index contributed by atoms with van der Waals surface area (Å²) < 4.78 is 5.56. The molecule has 0 atom stereocenters. The van der Waals surface area contributed by atoms with Gasteiger partial charge in [0.05, 0.1) is 0 Å². The van der Waals surface area contributed by atoms with E-state index in [-0.39, 0.29) is 30.2 Å². The van der Waals surface area contributed by atoms with E-state index in [9.17, 15) is 19.5 Å². The summed E-state index contributed by atoms with van der Waals surface area (Å²) in [6, 6.07) is 7.89. The summed E-state index contributed by atoms with van der Waals surface area (Å²) in [6.07, 6.45) is 4.70. The summed E-state index contributed by atoms with van der Waals surface area (Å²) in [5.74, 6) is 0.968. The third-order valence-electron chi connectivity index (χ3n) is 7.05. The first-order valence-corrected chi connectivity index (χ1v) is 11.6. The molecule has 1 aromatic carbocycles. The third-order valence-corrected chi connectivity index (χ3v) is 7.05. The van der Waals surface area contributed by atoms with Crippen molar-refractivity contribution in [3.63, 3.8) is 0 Å². The van der Waals surface area contributed by atoms with Gasteiger partial charge in [0.15, 0.2) is 6.61 Å². The summed E-state index contributed by atoms with van der Waals surface area (Å²) in [6.45, 7) is 2.10. The topological polar surface area (TPSA) is 99.2 Å². The van der Waals surface area contributed by atoms with Gasteiger partial charge in [-0.05, 0) is 62.1 Å². The molecule has 3 fully saturated rings. The molecular weight excluding hydrogens is 410 g/mol. The Labute approximate surface area is 188 Å². The van der Waals surface area contributed by atoms with Crippen molar-refractivity contribution in [2.24, 2.45) is 5.92 Å². The van der Waals surface area contributed by atoms with E-state index in [0.717, 1.165) is 25.7 Å². The number of nitrogens with zero attached hydrogens (tertiary/aromatic N) is 2. The lowest BCUT2D eigenvalue weighted by Gasteiger charge is -2.38. The number of ether oxygens (including phenoxy) is 1. The van der Waals surface area contributed by atoms with Crippen LogP contribution >= 0.6 is 0 Å². The van der Waals surface area contributed by atoms with Crippen LogP contribution < -0.4 is 10.1 Å². The van der Waals surface area contributed by atoms with E-state index in [4.69, 9.17) is 4.74 Å². The van der Waals surface area contributed by atoms with Gasteiger partial charge in [0.1, 0.15) is 11.4 Å². The highest BCUT2D eigenvalue weighted by Crippen LogP contribution is 2.38. The first-order valence-electron chi connectivity index (χ1n) is 11.6. The number of nitrogens with one attached hydrogen (secondary N) is 1. The van der Waals surface area contributed by atoms with E-state index < -0.39 is 5.60 Å². The van der Waals surface area contributed by atoms with Crippen molar-refractivity contribution < 1.29 is 24.2 Å². The van der Waals surface area contributed by atoms with Crippen molar-refractivity contribution in [2.45, 2.75) is 50.0 Å². The summed E-state index contributed by atoms with van der Waals surface area (Å²) in [4.78, 5) is 40.3. The number of rotatable bonds is 6. The fraction of sp³-hybridized carbons (Fsp3) is 0.625. The maximum absolute atomic E-state index is 13.0. The number of benzene rings is 1. The third kappa shape index (κ3) is 5.06. The van der Waals surface area contributed by atoms with Crippen LogP contribution in [-0.2, 0) is 14.4 Å². The van der Waals surface area contributed by atoms with Crippen LogP contribution in [0.15, 0.2) is 24.3 Å². The Morgan fingerprint density at radius 2 is 1.72 bits per heavy atom. The number of aliphatic hydroxyl groups is 1. The number of hydrogen-bond donors (Lipinski definition) is 2. The zero-order valence-corrected chi connectivity index (χ0v) is 18.7. The van der Waals surface area contributed by atoms with Crippen molar-refractivity contribution in [3.8, 4) is 5.75 Å². The van der Waals surface area contributed by atoms with Crippen molar-refractivity contribution in [2.75, 3.05) is 39.8 Å². The van der Waals surface area contributed by atoms with Crippen molar-refractivity contribution in [3.05, 3.63) is 29.8 Å². The van der Waals surface area contributed by atoms with Crippen LogP contribution in [0.25, 0.3) is 0 Å². The van der Waals surface area contributed by atoms with E-state index in [2.05, 4.69) is 11.4 Å². The standard InChI is InChI=1S/C24H33N3O5/c1-25-21(28)16-32-20-4-2-3-19(15-20)17-5-7-18(8-6-17)22(29)26-11-13-27(14-12-26)23(30)24(31)9-10-24/h2-4,15,17-18,31H,5-14,16H2,1H3,(H,25,28). The van der Waals surface area contributed by atoms with Gasteiger partial charge in [-0.3, -0.25) is 14.4 Å². The van der Waals surface area contributed by atoms with Crippen LogP contribution in [0.2, 0.25) is 0 Å². The Balaban J connectivity index is 1.24. The van der Waals surface area contributed by atoms with E-state index >= 15 is 0 Å². The lowest BCUT2D eigenvalue weighted by atomic mass is 9.78. The quantitative estimate of drug-likeness (QED) is 0.690. The first kappa shape index (κ1) is 22.6. The van der Waals surface area contributed by atoms with E-state index in [1.54, 1.807) is 11.9 Å². The zero-order valence-electron chi connectivity index (χ0n) is 18.7. The zero-order chi connectivity index (χ0) is 22.7. The molecule has 1 heterocycles. The lowest BCUT2D eigenvalue weighted by molar-refractivity contribution is -0.148. The van der Waals surface area contributed by atoms with Gasteiger partial charge in [-0.2, -0.15) is 0 Å². The SMILES string of the molecule is CNC(=O)COc1cccc(C2CCC(C(=O)N3CCN(C(=O)C4(O)CC4)CC3)CC2)c1. The maximum atomic E-state index is 13.0. The Morgan fingerprint density at radius 3 is 2.34 bits per heavy atom. The van der Waals surface area contributed by atoms with Crippen LogP contribution in [-0.4, -0.2) is 78.1 Å². The Morgan fingerprint density at radius 1 is 1.06 bits per heavy atom. The van der Waals surface area contributed by atoms with Crippen molar-refractivity contribution in [1.82, 2.24) is 15.1 Å². The molecule has 0 bridgehead atoms. The molecule has 1 aromatic rings. The second-order valence-electron chi connectivity index (χ2n) is 9.23. The van der Waals surface area contributed by atoms with Gasteiger partial charge in [-0.25, -0.2) is 0 Å². The summed E-state index contributed by atoms with van der Waals surface area (Å²) in [7, 11) is 1.58. The minimum absolute atomic E-state index is 0.000650. The molecule has 0 unspecified atom stereocenters. The second kappa shape index (κ2) is 9.48. The molecule has 2 saturated carbocycles. The van der Waals surface area contributed by atoms with Gasteiger partial charge in [0, 0.05) is 39.1 Å². The molecule has 174 valence electrons. The van der Waals surface area contributed by atoms with E-state index in [1.165, 1.54) is 5.56 Å². The number of amides is 3. The molecule has 1 aliphatic heterocycles. The first-order chi connectivity index (χ1) is 15.4. The molecule has 32 heavy (non-hydrogen) atoms. The van der Waals surface area contributed by atoms with Crippen LogP contribution in [0.3, 0.4) is 0 Å². The number of carbonyl (C=O) groups is 3. The monoisotopic (exact) mass is 443 g/mol. The molecule has 2 N–H and O–H groups in total. The molecule has 3 amide bonds. The fourth-order valence-electron chi connectivity index (χ4n) is 4.77. The number of carbonyl (C=O) groups excluding carboxylic acids is 3. The predicted molar refractivity (Wildman–Crippen MR) is 118 cm³/mol. The van der Waals surface area contributed by atoms with Crippen LogP contribution in [0.5, 0.6) is 5.75 Å². The average Bonchev–Trinajstić information content (AvgIpc) is 3.60. The number of piperazine rings is 1. The molecule has 3 aliphatic rings. The average molecular weight is 444 g/mol. The summed E-state index contributed by atoms with van der Waals surface area (Å²) in [5, 5.41) is 12.6. The molecular formula is C24H33N3O5. The van der Waals surface area contributed by atoms with E-state index in [1.807, 2.05) is 23.1 Å². The Hall–Kier alpha value is -2.61. The van der Waals surface area contributed by atoms with Gasteiger partial charge >= 0.3 is 0 Å². The van der Waals surface area contributed by atoms with Gasteiger partial charge in [0.2, 0.25) is 5.91 Å². The highest BCUT2D eigenvalue weighted by atomic mass is 16.5. The molecule has 1 saturated heterocycles. The van der Waals surface area contributed by atoms with Crippen molar-refractivity contribution in [1.29, 1.82) is 0 Å². The number of hydrogen-bond acceptors (Lipinski definition) is 5. The fourth-order valence-corrected chi connectivity index (χ4v) is 4.77. The van der Waals surface area contributed by atoms with Gasteiger partial charge < -0.3 is 25.0 Å². The van der Waals surface area contributed by atoms with Crippen LogP contribution in [0, 0.1) is 5.92 Å². The van der Waals surface area contributed by atoms with Crippen LogP contribution in [0.1, 0.15) is 50.0 Å². The molecule has 0 radical (unpaired) electrons. The molecule has 0 spiro atoms. The Bertz CT molecular complexity index is 853. The molecule has 8 nitrogen and oxygen atoms in total. The largest absolute Gasteiger partial charge is 0.484 e. The second-order valence-corrected chi connectivity index (χ2v) is 9.23.